The summed E-state index contributed by atoms with van der Waals surface area (Å²) >= 11 is 18.3. The van der Waals surface area contributed by atoms with E-state index in [2.05, 4.69) is 0 Å². The first-order valence-electron chi connectivity index (χ1n) is 7.70. The highest BCUT2D eigenvalue weighted by Gasteiger charge is 2.07. The van der Waals surface area contributed by atoms with Gasteiger partial charge < -0.3 is 5.11 Å². The minimum atomic E-state index is -0.947. The van der Waals surface area contributed by atoms with Gasteiger partial charge in [-0.2, -0.15) is 0 Å². The number of halogens is 3. The zero-order valence-electron chi connectivity index (χ0n) is 13.4. The molecular weight excluding hydrogens is 391 g/mol. The van der Waals surface area contributed by atoms with Crippen molar-refractivity contribution in [1.29, 1.82) is 0 Å². The number of carbonyl (C=O) groups is 1. The number of carboxylic acids is 1. The second-order valence-electron chi connectivity index (χ2n) is 5.62. The highest BCUT2D eigenvalue weighted by molar-refractivity contribution is 6.42. The zero-order valence-corrected chi connectivity index (χ0v) is 15.7. The van der Waals surface area contributed by atoms with E-state index in [1.54, 1.807) is 30.3 Å². The van der Waals surface area contributed by atoms with Crippen molar-refractivity contribution in [2.24, 2.45) is 0 Å². The van der Waals surface area contributed by atoms with Crippen molar-refractivity contribution in [1.82, 2.24) is 0 Å². The lowest BCUT2D eigenvalue weighted by molar-refractivity contribution is 0.0697. The molecule has 0 aliphatic heterocycles. The summed E-state index contributed by atoms with van der Waals surface area (Å²) in [6, 6.07) is 17.7. The monoisotopic (exact) mass is 402 g/mol. The Morgan fingerprint density at radius 2 is 1.54 bits per heavy atom. The van der Waals surface area contributed by atoms with Gasteiger partial charge in [-0.25, -0.2) is 4.79 Å². The number of hydrogen-bond acceptors (Lipinski definition) is 1. The lowest BCUT2D eigenvalue weighted by Gasteiger charge is -2.09. The maximum Gasteiger partial charge on any atom is 0.335 e. The Bertz CT molecular complexity index is 993. The average molecular weight is 404 g/mol. The number of rotatable bonds is 4. The molecule has 0 spiro atoms. The minimum Gasteiger partial charge on any atom is -0.478 e. The largest absolute Gasteiger partial charge is 0.478 e. The van der Waals surface area contributed by atoms with E-state index in [4.69, 9.17) is 39.9 Å². The van der Waals surface area contributed by atoms with E-state index in [-0.39, 0.29) is 5.56 Å². The fourth-order valence-corrected chi connectivity index (χ4v) is 3.00. The van der Waals surface area contributed by atoms with Crippen molar-refractivity contribution in [3.8, 4) is 11.1 Å². The van der Waals surface area contributed by atoms with Gasteiger partial charge in [-0.1, -0.05) is 71.2 Å². The van der Waals surface area contributed by atoms with Gasteiger partial charge in [-0.05, 0) is 58.7 Å². The predicted octanol–water partition coefficient (Wildman–Crippen LogP) is 7.18. The van der Waals surface area contributed by atoms with Gasteiger partial charge in [0.1, 0.15) is 0 Å². The topological polar surface area (TPSA) is 37.3 Å². The SMILES string of the molecule is O=C(O)c1ccc(C=Cc2cc(Cl)ccc2-c2ccc(Cl)c(Cl)c2)cc1. The van der Waals surface area contributed by atoms with Crippen LogP contribution in [0.4, 0.5) is 0 Å². The molecule has 0 aromatic heterocycles. The molecule has 0 unspecified atom stereocenters. The summed E-state index contributed by atoms with van der Waals surface area (Å²) in [5.74, 6) is -0.947. The Morgan fingerprint density at radius 1 is 0.808 bits per heavy atom. The fraction of sp³-hybridized carbons (Fsp3) is 0. The molecule has 130 valence electrons. The Balaban J connectivity index is 1.97. The maximum atomic E-state index is 10.9. The predicted molar refractivity (Wildman–Crippen MR) is 109 cm³/mol. The Hall–Kier alpha value is -2.26. The van der Waals surface area contributed by atoms with Crippen molar-refractivity contribution in [2.45, 2.75) is 0 Å². The maximum absolute atomic E-state index is 10.9. The molecule has 0 saturated carbocycles. The van der Waals surface area contributed by atoms with Crippen LogP contribution in [0.15, 0.2) is 60.7 Å². The number of benzene rings is 3. The molecule has 3 rings (SSSR count). The first-order chi connectivity index (χ1) is 12.4. The lowest BCUT2D eigenvalue weighted by Crippen LogP contribution is -1.94. The first kappa shape index (κ1) is 18.5. The van der Waals surface area contributed by atoms with Gasteiger partial charge in [0.15, 0.2) is 0 Å². The summed E-state index contributed by atoms with van der Waals surface area (Å²) in [5.41, 5.74) is 3.94. The Morgan fingerprint density at radius 3 is 2.19 bits per heavy atom. The number of hydrogen-bond donors (Lipinski definition) is 1. The minimum absolute atomic E-state index is 0.251. The van der Waals surface area contributed by atoms with Gasteiger partial charge in [0.2, 0.25) is 0 Å². The standard InChI is InChI=1S/C21H13Cl3O2/c22-17-8-9-18(16-7-10-19(23)20(24)12-16)15(11-17)6-3-13-1-4-14(5-2-13)21(25)26/h1-12H,(H,25,26). The normalized spacial score (nSPS) is 11.0. The molecule has 0 fully saturated rings. The van der Waals surface area contributed by atoms with Crippen LogP contribution in [0.1, 0.15) is 21.5 Å². The average Bonchev–Trinajstić information content (AvgIpc) is 2.63. The third-order valence-electron chi connectivity index (χ3n) is 3.86. The third-order valence-corrected chi connectivity index (χ3v) is 4.83. The quantitative estimate of drug-likeness (QED) is 0.468. The third kappa shape index (κ3) is 4.28. The van der Waals surface area contributed by atoms with Crippen LogP contribution in [0.25, 0.3) is 23.3 Å². The van der Waals surface area contributed by atoms with Gasteiger partial charge >= 0.3 is 5.97 Å². The summed E-state index contributed by atoms with van der Waals surface area (Å²) in [5, 5.41) is 10.6. The van der Waals surface area contributed by atoms with E-state index in [9.17, 15) is 4.79 Å². The molecule has 2 nitrogen and oxygen atoms in total. The van der Waals surface area contributed by atoms with Crippen LogP contribution in [-0.2, 0) is 0 Å². The van der Waals surface area contributed by atoms with E-state index in [1.165, 1.54) is 0 Å². The molecule has 0 bridgehead atoms. The zero-order chi connectivity index (χ0) is 18.7. The Labute approximate surface area is 166 Å². The molecule has 0 saturated heterocycles. The van der Waals surface area contributed by atoms with Gasteiger partial charge in [0.05, 0.1) is 15.6 Å². The smallest absolute Gasteiger partial charge is 0.335 e. The molecular formula is C21H13Cl3O2. The van der Waals surface area contributed by atoms with E-state index < -0.39 is 5.97 Å². The van der Waals surface area contributed by atoms with E-state index in [0.717, 1.165) is 22.3 Å². The summed E-state index contributed by atoms with van der Waals surface area (Å²) in [7, 11) is 0. The van der Waals surface area contributed by atoms with Crippen LogP contribution in [0.5, 0.6) is 0 Å². The molecule has 5 heteroatoms. The van der Waals surface area contributed by atoms with Crippen LogP contribution in [0.2, 0.25) is 15.1 Å². The molecule has 3 aromatic rings. The van der Waals surface area contributed by atoms with Crippen molar-refractivity contribution >= 4 is 52.9 Å². The number of aromatic carboxylic acids is 1. The molecule has 0 radical (unpaired) electrons. The van der Waals surface area contributed by atoms with Crippen LogP contribution in [0, 0.1) is 0 Å². The number of carboxylic acid groups (broad SMARTS) is 1. The lowest BCUT2D eigenvalue weighted by atomic mass is 9.98. The summed E-state index contributed by atoms with van der Waals surface area (Å²) in [4.78, 5) is 10.9. The van der Waals surface area contributed by atoms with Crippen molar-refractivity contribution in [3.05, 3.63) is 92.4 Å². The van der Waals surface area contributed by atoms with Gasteiger partial charge in [0, 0.05) is 5.02 Å². The fourth-order valence-electron chi connectivity index (χ4n) is 2.52. The van der Waals surface area contributed by atoms with Crippen molar-refractivity contribution < 1.29 is 9.90 Å². The molecule has 0 amide bonds. The van der Waals surface area contributed by atoms with Crippen LogP contribution < -0.4 is 0 Å². The van der Waals surface area contributed by atoms with Gasteiger partial charge in [-0.15, -0.1) is 0 Å². The second-order valence-corrected chi connectivity index (χ2v) is 6.87. The summed E-state index contributed by atoms with van der Waals surface area (Å²) in [6.07, 6.45) is 3.83. The van der Waals surface area contributed by atoms with E-state index in [0.29, 0.717) is 15.1 Å². The first-order valence-corrected chi connectivity index (χ1v) is 8.84. The van der Waals surface area contributed by atoms with E-state index in [1.807, 2.05) is 42.5 Å². The molecule has 0 aliphatic rings. The molecule has 0 atom stereocenters. The highest BCUT2D eigenvalue weighted by atomic mass is 35.5. The van der Waals surface area contributed by atoms with Crippen molar-refractivity contribution in [2.75, 3.05) is 0 Å². The van der Waals surface area contributed by atoms with Crippen LogP contribution in [0.3, 0.4) is 0 Å². The van der Waals surface area contributed by atoms with Crippen molar-refractivity contribution in [3.63, 3.8) is 0 Å². The van der Waals surface area contributed by atoms with Gasteiger partial charge in [-0.3, -0.25) is 0 Å². The summed E-state index contributed by atoms with van der Waals surface area (Å²) < 4.78 is 0. The molecule has 26 heavy (non-hydrogen) atoms. The molecule has 0 heterocycles. The summed E-state index contributed by atoms with van der Waals surface area (Å²) in [6.45, 7) is 0. The molecule has 1 N–H and O–H groups in total. The molecule has 0 aliphatic carbocycles. The van der Waals surface area contributed by atoms with Crippen LogP contribution >= 0.6 is 34.8 Å². The highest BCUT2D eigenvalue weighted by Crippen LogP contribution is 2.32. The Kier molecular flexibility index (Phi) is 5.67. The van der Waals surface area contributed by atoms with Gasteiger partial charge in [0.25, 0.3) is 0 Å². The molecule has 3 aromatic carbocycles. The van der Waals surface area contributed by atoms with E-state index >= 15 is 0 Å². The second kappa shape index (κ2) is 7.96. The van der Waals surface area contributed by atoms with Crippen LogP contribution in [-0.4, -0.2) is 11.1 Å².